The molecule has 2 amide bonds. The third kappa shape index (κ3) is 4.85. The molecule has 0 saturated heterocycles. The number of carbonyl (C=O) groups is 2. The Kier molecular flexibility index (Phi) is 5.69. The van der Waals surface area contributed by atoms with Crippen molar-refractivity contribution in [3.63, 3.8) is 0 Å². The van der Waals surface area contributed by atoms with Gasteiger partial charge in [0.1, 0.15) is 0 Å². The number of hydrazone groups is 1. The molecule has 2 N–H and O–H groups in total. The Morgan fingerprint density at radius 1 is 0.852 bits per heavy atom. The van der Waals surface area contributed by atoms with Crippen molar-refractivity contribution in [1.82, 2.24) is 10.4 Å². The maximum atomic E-state index is 12.3. The van der Waals surface area contributed by atoms with Crippen molar-refractivity contribution >= 4 is 23.2 Å². The molecule has 0 saturated carbocycles. The first-order chi connectivity index (χ1) is 13.1. The van der Waals surface area contributed by atoms with Crippen LogP contribution in [0.4, 0.5) is 5.69 Å². The van der Waals surface area contributed by atoms with Crippen LogP contribution in [0.2, 0.25) is 0 Å². The molecule has 6 nitrogen and oxygen atoms in total. The van der Waals surface area contributed by atoms with E-state index in [0.717, 1.165) is 5.56 Å². The number of pyridine rings is 1. The first-order valence-electron chi connectivity index (χ1n) is 8.35. The normalized spacial score (nSPS) is 10.9. The van der Waals surface area contributed by atoms with E-state index in [-0.39, 0.29) is 11.8 Å². The third-order valence-electron chi connectivity index (χ3n) is 3.82. The first kappa shape index (κ1) is 18.0. The monoisotopic (exact) mass is 358 g/mol. The first-order valence-corrected chi connectivity index (χ1v) is 8.35. The number of rotatable bonds is 5. The molecule has 3 rings (SSSR count). The van der Waals surface area contributed by atoms with E-state index in [4.69, 9.17) is 0 Å². The molecule has 0 fully saturated rings. The molecular formula is C21H18N4O2. The summed E-state index contributed by atoms with van der Waals surface area (Å²) in [5.41, 5.74) is 5.56. The van der Waals surface area contributed by atoms with Crippen LogP contribution in [0.25, 0.3) is 0 Å². The van der Waals surface area contributed by atoms with E-state index in [0.29, 0.717) is 22.5 Å². The number of hydrogen-bond donors (Lipinski definition) is 2. The van der Waals surface area contributed by atoms with Crippen molar-refractivity contribution in [2.24, 2.45) is 5.10 Å². The average Bonchev–Trinajstić information content (AvgIpc) is 2.73. The van der Waals surface area contributed by atoms with Gasteiger partial charge in [-0.15, -0.1) is 0 Å². The summed E-state index contributed by atoms with van der Waals surface area (Å²) >= 11 is 0. The predicted octanol–water partition coefficient (Wildman–Crippen LogP) is 3.49. The number of benzene rings is 2. The van der Waals surface area contributed by atoms with Gasteiger partial charge in [-0.3, -0.25) is 14.6 Å². The molecular weight excluding hydrogens is 340 g/mol. The van der Waals surface area contributed by atoms with Crippen molar-refractivity contribution in [3.05, 3.63) is 95.8 Å². The zero-order valence-corrected chi connectivity index (χ0v) is 14.7. The summed E-state index contributed by atoms with van der Waals surface area (Å²) in [7, 11) is 0. The Bertz CT molecular complexity index is 970. The quantitative estimate of drug-likeness (QED) is 0.541. The summed E-state index contributed by atoms with van der Waals surface area (Å²) < 4.78 is 0. The van der Waals surface area contributed by atoms with Crippen LogP contribution < -0.4 is 10.7 Å². The minimum absolute atomic E-state index is 0.188. The third-order valence-corrected chi connectivity index (χ3v) is 3.82. The fraction of sp³-hybridized carbons (Fsp3) is 0.0476. The van der Waals surface area contributed by atoms with Crippen molar-refractivity contribution in [3.8, 4) is 0 Å². The average molecular weight is 358 g/mol. The molecule has 2 aromatic carbocycles. The lowest BCUT2D eigenvalue weighted by Gasteiger charge is -2.08. The highest BCUT2D eigenvalue weighted by atomic mass is 16.2. The lowest BCUT2D eigenvalue weighted by Crippen LogP contribution is -2.19. The van der Waals surface area contributed by atoms with Gasteiger partial charge in [0.2, 0.25) is 0 Å². The predicted molar refractivity (Wildman–Crippen MR) is 105 cm³/mol. The van der Waals surface area contributed by atoms with Gasteiger partial charge in [0, 0.05) is 23.6 Å². The fourth-order valence-corrected chi connectivity index (χ4v) is 2.38. The van der Waals surface area contributed by atoms with Gasteiger partial charge < -0.3 is 5.32 Å². The van der Waals surface area contributed by atoms with Crippen molar-refractivity contribution in [2.45, 2.75) is 6.92 Å². The summed E-state index contributed by atoms with van der Waals surface area (Å²) in [5.74, 6) is -0.525. The Labute approximate surface area is 157 Å². The molecule has 0 bridgehead atoms. The SMILES string of the molecule is C/C(=N/NC(=O)c1cccnc1)c1cccc(NC(=O)c2ccccc2)c1. The topological polar surface area (TPSA) is 83.4 Å². The van der Waals surface area contributed by atoms with E-state index in [1.54, 1.807) is 49.5 Å². The molecule has 6 heteroatoms. The minimum Gasteiger partial charge on any atom is -0.322 e. The fourth-order valence-electron chi connectivity index (χ4n) is 2.38. The number of nitrogens with zero attached hydrogens (tertiary/aromatic N) is 2. The molecule has 1 aromatic heterocycles. The van der Waals surface area contributed by atoms with Gasteiger partial charge in [0.25, 0.3) is 11.8 Å². The molecule has 0 aliphatic carbocycles. The zero-order chi connectivity index (χ0) is 19.1. The molecule has 0 radical (unpaired) electrons. The smallest absolute Gasteiger partial charge is 0.272 e. The highest BCUT2D eigenvalue weighted by Gasteiger charge is 2.07. The molecule has 1 heterocycles. The molecule has 0 aliphatic heterocycles. The molecule has 0 spiro atoms. The Morgan fingerprint density at radius 2 is 1.59 bits per heavy atom. The summed E-state index contributed by atoms with van der Waals surface area (Å²) in [5, 5.41) is 6.98. The zero-order valence-electron chi connectivity index (χ0n) is 14.7. The molecule has 3 aromatic rings. The second-order valence-corrected chi connectivity index (χ2v) is 5.78. The van der Waals surface area contributed by atoms with Crippen LogP contribution >= 0.6 is 0 Å². The van der Waals surface area contributed by atoms with Crippen molar-refractivity contribution < 1.29 is 9.59 Å². The Hall–Kier alpha value is -3.80. The molecule has 0 unspecified atom stereocenters. The van der Waals surface area contributed by atoms with E-state index in [2.05, 4.69) is 20.8 Å². The standard InChI is InChI=1S/C21H18N4O2/c1-15(24-25-21(27)18-10-6-12-22-14-18)17-9-5-11-19(13-17)23-20(26)16-7-3-2-4-8-16/h2-14H,1H3,(H,23,26)(H,25,27)/b24-15-. The van der Waals surface area contributed by atoms with Crippen LogP contribution in [0.1, 0.15) is 33.2 Å². The van der Waals surface area contributed by atoms with Crippen molar-refractivity contribution in [2.75, 3.05) is 5.32 Å². The number of amides is 2. The van der Waals surface area contributed by atoms with E-state index >= 15 is 0 Å². The van der Waals surface area contributed by atoms with Gasteiger partial charge in [0.15, 0.2) is 0 Å². The Balaban J connectivity index is 1.69. The summed E-state index contributed by atoms with van der Waals surface area (Å²) in [6, 6.07) is 19.6. The van der Waals surface area contributed by atoms with E-state index in [1.807, 2.05) is 30.3 Å². The summed E-state index contributed by atoms with van der Waals surface area (Å²) in [6.45, 7) is 1.78. The molecule has 0 atom stereocenters. The number of anilines is 1. The maximum absolute atomic E-state index is 12.3. The van der Waals surface area contributed by atoms with Gasteiger partial charge in [-0.1, -0.05) is 30.3 Å². The highest BCUT2D eigenvalue weighted by Crippen LogP contribution is 2.13. The maximum Gasteiger partial charge on any atom is 0.272 e. The second kappa shape index (κ2) is 8.53. The van der Waals surface area contributed by atoms with Crippen LogP contribution in [0.15, 0.2) is 84.2 Å². The lowest BCUT2D eigenvalue weighted by molar-refractivity contribution is 0.0953. The van der Waals surface area contributed by atoms with Crippen molar-refractivity contribution in [1.29, 1.82) is 0 Å². The van der Waals surface area contributed by atoms with Gasteiger partial charge >= 0.3 is 0 Å². The van der Waals surface area contributed by atoms with E-state index in [9.17, 15) is 9.59 Å². The minimum atomic E-state index is -0.337. The van der Waals surface area contributed by atoms with Gasteiger partial charge in [0.05, 0.1) is 11.3 Å². The number of hydrogen-bond acceptors (Lipinski definition) is 4. The largest absolute Gasteiger partial charge is 0.322 e. The van der Waals surface area contributed by atoms with Gasteiger partial charge in [-0.25, -0.2) is 5.43 Å². The lowest BCUT2D eigenvalue weighted by atomic mass is 10.1. The Morgan fingerprint density at radius 3 is 2.33 bits per heavy atom. The summed E-state index contributed by atoms with van der Waals surface area (Å²) in [6.07, 6.45) is 3.07. The van der Waals surface area contributed by atoms with Crippen LogP contribution in [-0.2, 0) is 0 Å². The van der Waals surface area contributed by atoms with Crippen LogP contribution in [0, 0.1) is 0 Å². The summed E-state index contributed by atoms with van der Waals surface area (Å²) in [4.78, 5) is 28.2. The van der Waals surface area contributed by atoms with Crippen LogP contribution in [0.3, 0.4) is 0 Å². The second-order valence-electron chi connectivity index (χ2n) is 5.78. The highest BCUT2D eigenvalue weighted by molar-refractivity contribution is 6.06. The van der Waals surface area contributed by atoms with Crippen LogP contribution in [0.5, 0.6) is 0 Å². The van der Waals surface area contributed by atoms with E-state index < -0.39 is 0 Å². The van der Waals surface area contributed by atoms with Gasteiger partial charge in [-0.05, 0) is 48.9 Å². The number of carbonyl (C=O) groups excluding carboxylic acids is 2. The number of nitrogens with one attached hydrogen (secondary N) is 2. The van der Waals surface area contributed by atoms with Crippen LogP contribution in [-0.4, -0.2) is 22.5 Å². The van der Waals surface area contributed by atoms with Gasteiger partial charge in [-0.2, -0.15) is 5.10 Å². The molecule has 27 heavy (non-hydrogen) atoms. The molecule has 134 valence electrons. The molecule has 0 aliphatic rings. The van der Waals surface area contributed by atoms with E-state index in [1.165, 1.54) is 6.20 Å². The number of aromatic nitrogens is 1.